The van der Waals surface area contributed by atoms with Crippen LogP contribution in [-0.2, 0) is 0 Å². The van der Waals surface area contributed by atoms with E-state index in [1.165, 1.54) is 16.7 Å². The maximum Gasteiger partial charge on any atom is 0.0455 e. The van der Waals surface area contributed by atoms with Gasteiger partial charge in [0.25, 0.3) is 0 Å². The molecule has 2 N–H and O–H groups in total. The zero-order valence-corrected chi connectivity index (χ0v) is 23.5. The first-order valence-corrected chi connectivity index (χ1v) is 14.1. The van der Waals surface area contributed by atoms with E-state index in [0.717, 1.165) is 28.1 Å². The maximum atomic E-state index is 5.67. The molecule has 0 aliphatic carbocycles. The first-order valence-electron chi connectivity index (χ1n) is 14.1. The quantitative estimate of drug-likeness (QED) is 0.217. The third-order valence-corrected chi connectivity index (χ3v) is 6.83. The highest BCUT2D eigenvalue weighted by atomic mass is 15.1. The van der Waals surface area contributed by atoms with Gasteiger partial charge in [-0.15, -0.1) is 0 Å². The number of para-hydroxylation sites is 2. The maximum absolute atomic E-state index is 5.67. The van der Waals surface area contributed by atoms with Crippen LogP contribution in [0.15, 0.2) is 194 Å². The third kappa shape index (κ3) is 7.32. The van der Waals surface area contributed by atoms with Crippen molar-refractivity contribution in [3.05, 3.63) is 217 Å². The monoisotopic (exact) mass is 542 g/mol. The minimum absolute atomic E-state index is 1.07. The number of benzene rings is 6. The summed E-state index contributed by atoms with van der Waals surface area (Å²) in [6.07, 6.45) is 3.89. The lowest BCUT2D eigenvalue weighted by atomic mass is 9.98. The van der Waals surface area contributed by atoms with E-state index in [2.05, 4.69) is 145 Å². The van der Waals surface area contributed by atoms with Gasteiger partial charge in [0.05, 0.1) is 0 Å². The number of hydrogen-bond acceptors (Lipinski definition) is 2. The Bertz CT molecular complexity index is 1560. The van der Waals surface area contributed by atoms with Gasteiger partial charge in [-0.3, -0.25) is 0 Å². The average molecular weight is 543 g/mol. The van der Waals surface area contributed by atoms with Gasteiger partial charge in [-0.05, 0) is 46.5 Å². The standard InChI is InChI=1S/C26H21N.C14H13N/c1-5-13-22(14-6-1)26(23-15-7-2-8-16-23)21-27(24-17-9-3-10-18-24)25-19-11-4-12-20-25;15-11-14(12-7-3-1-4-8-12)13-9-5-2-6-10-13/h1-21H;1-11H,15H2. The highest BCUT2D eigenvalue weighted by Crippen LogP contribution is 2.31. The Morgan fingerprint density at radius 1 is 0.357 bits per heavy atom. The molecule has 0 saturated carbocycles. The molecule has 6 rings (SSSR count). The van der Waals surface area contributed by atoms with Gasteiger partial charge in [-0.1, -0.05) is 158 Å². The van der Waals surface area contributed by atoms with Gasteiger partial charge in [-0.25, -0.2) is 0 Å². The summed E-state index contributed by atoms with van der Waals surface area (Å²) in [5.41, 5.74) is 14.9. The van der Waals surface area contributed by atoms with Gasteiger partial charge in [-0.2, -0.15) is 0 Å². The van der Waals surface area contributed by atoms with Gasteiger partial charge in [0.2, 0.25) is 0 Å². The Morgan fingerprint density at radius 2 is 0.619 bits per heavy atom. The van der Waals surface area contributed by atoms with Gasteiger partial charge in [0.1, 0.15) is 0 Å². The lowest BCUT2D eigenvalue weighted by Gasteiger charge is -2.23. The van der Waals surface area contributed by atoms with Crippen LogP contribution in [0.4, 0.5) is 11.4 Å². The van der Waals surface area contributed by atoms with Crippen LogP contribution >= 0.6 is 0 Å². The second-order valence-corrected chi connectivity index (χ2v) is 9.63. The number of nitrogens with two attached hydrogens (primary N) is 1. The molecule has 0 atom stereocenters. The Labute approximate surface area is 249 Å². The van der Waals surface area contributed by atoms with Crippen LogP contribution in [0, 0.1) is 0 Å². The van der Waals surface area contributed by atoms with Crippen molar-refractivity contribution in [3.63, 3.8) is 0 Å². The van der Waals surface area contributed by atoms with Crippen LogP contribution in [0.3, 0.4) is 0 Å². The van der Waals surface area contributed by atoms with Crippen molar-refractivity contribution in [2.45, 2.75) is 0 Å². The lowest BCUT2D eigenvalue weighted by Crippen LogP contribution is -2.10. The van der Waals surface area contributed by atoms with E-state index in [0.29, 0.717) is 0 Å². The Balaban J connectivity index is 0.000000199. The summed E-state index contributed by atoms with van der Waals surface area (Å²) in [6, 6.07) is 62.3. The number of rotatable bonds is 7. The molecule has 6 aromatic carbocycles. The van der Waals surface area contributed by atoms with Crippen molar-refractivity contribution < 1.29 is 0 Å². The molecule has 2 heteroatoms. The van der Waals surface area contributed by atoms with E-state index >= 15 is 0 Å². The second-order valence-electron chi connectivity index (χ2n) is 9.63. The molecule has 0 unspecified atom stereocenters. The molecule has 204 valence electrons. The normalized spacial score (nSPS) is 10.0. The van der Waals surface area contributed by atoms with Crippen molar-refractivity contribution in [1.82, 2.24) is 0 Å². The zero-order chi connectivity index (χ0) is 28.8. The summed E-state index contributed by atoms with van der Waals surface area (Å²) in [6.45, 7) is 0. The molecule has 42 heavy (non-hydrogen) atoms. The summed E-state index contributed by atoms with van der Waals surface area (Å²) >= 11 is 0. The molecule has 0 amide bonds. The Morgan fingerprint density at radius 3 is 0.905 bits per heavy atom. The van der Waals surface area contributed by atoms with Crippen LogP contribution in [0.25, 0.3) is 11.1 Å². The van der Waals surface area contributed by atoms with Gasteiger partial charge >= 0.3 is 0 Å². The molecular weight excluding hydrogens is 508 g/mol. The first kappa shape index (κ1) is 27.9. The summed E-state index contributed by atoms with van der Waals surface area (Å²) in [5.74, 6) is 0. The van der Waals surface area contributed by atoms with Crippen molar-refractivity contribution in [1.29, 1.82) is 0 Å². The second kappa shape index (κ2) is 14.7. The summed E-state index contributed by atoms with van der Waals surface area (Å²) in [5, 5.41) is 0. The molecule has 0 radical (unpaired) electrons. The van der Waals surface area contributed by atoms with E-state index in [1.807, 2.05) is 48.5 Å². The smallest absolute Gasteiger partial charge is 0.0455 e. The van der Waals surface area contributed by atoms with Gasteiger partial charge in [0.15, 0.2) is 0 Å². The minimum Gasteiger partial charge on any atom is -0.404 e. The third-order valence-electron chi connectivity index (χ3n) is 6.83. The van der Waals surface area contributed by atoms with Crippen LogP contribution < -0.4 is 10.6 Å². The van der Waals surface area contributed by atoms with Gasteiger partial charge < -0.3 is 10.6 Å². The largest absolute Gasteiger partial charge is 0.404 e. The van der Waals surface area contributed by atoms with Crippen molar-refractivity contribution in [2.24, 2.45) is 5.73 Å². The zero-order valence-electron chi connectivity index (χ0n) is 23.5. The molecule has 0 aromatic heterocycles. The number of hydrogen-bond donors (Lipinski definition) is 1. The SMILES string of the molecule is C(=C(c1ccccc1)c1ccccc1)N(c1ccccc1)c1ccccc1.NC=C(c1ccccc1)c1ccccc1. The fraction of sp³-hybridized carbons (Fsp3) is 0. The van der Waals surface area contributed by atoms with E-state index < -0.39 is 0 Å². The predicted molar refractivity (Wildman–Crippen MR) is 179 cm³/mol. The molecule has 0 spiro atoms. The average Bonchev–Trinajstić information content (AvgIpc) is 3.08. The molecule has 0 fully saturated rings. The Hall–Kier alpha value is -5.60. The molecule has 0 bridgehead atoms. The summed E-state index contributed by atoms with van der Waals surface area (Å²) in [4.78, 5) is 2.25. The van der Waals surface area contributed by atoms with Crippen molar-refractivity contribution >= 4 is 22.5 Å². The van der Waals surface area contributed by atoms with Crippen LogP contribution in [0.1, 0.15) is 22.3 Å². The number of anilines is 2. The number of nitrogens with zero attached hydrogens (tertiary/aromatic N) is 1. The van der Waals surface area contributed by atoms with Crippen LogP contribution in [0.5, 0.6) is 0 Å². The van der Waals surface area contributed by atoms with Crippen LogP contribution in [-0.4, -0.2) is 0 Å². The summed E-state index contributed by atoms with van der Waals surface area (Å²) < 4.78 is 0. The minimum atomic E-state index is 1.07. The molecule has 6 aromatic rings. The van der Waals surface area contributed by atoms with E-state index in [4.69, 9.17) is 5.73 Å². The predicted octanol–water partition coefficient (Wildman–Crippen LogP) is 9.95. The van der Waals surface area contributed by atoms with Crippen LogP contribution in [0.2, 0.25) is 0 Å². The molecule has 0 aliphatic heterocycles. The lowest BCUT2D eigenvalue weighted by molar-refractivity contribution is 1.28. The van der Waals surface area contributed by atoms with E-state index in [-0.39, 0.29) is 0 Å². The molecule has 2 nitrogen and oxygen atoms in total. The van der Waals surface area contributed by atoms with E-state index in [9.17, 15) is 0 Å². The molecule has 0 heterocycles. The van der Waals surface area contributed by atoms with Crippen molar-refractivity contribution in [3.8, 4) is 0 Å². The molecule has 0 aliphatic rings. The molecule has 0 saturated heterocycles. The fourth-order valence-electron chi connectivity index (χ4n) is 4.75. The van der Waals surface area contributed by atoms with Gasteiger partial charge in [0, 0.05) is 34.9 Å². The molecular formula is C40H34N2. The highest BCUT2D eigenvalue weighted by Gasteiger charge is 2.11. The van der Waals surface area contributed by atoms with E-state index in [1.54, 1.807) is 6.20 Å². The van der Waals surface area contributed by atoms with Crippen molar-refractivity contribution in [2.75, 3.05) is 4.90 Å². The Kier molecular flexibility index (Phi) is 9.78. The highest BCUT2D eigenvalue weighted by molar-refractivity contribution is 5.84. The fourth-order valence-corrected chi connectivity index (χ4v) is 4.75. The first-order chi connectivity index (χ1) is 20.8. The topological polar surface area (TPSA) is 29.3 Å². The summed E-state index contributed by atoms with van der Waals surface area (Å²) in [7, 11) is 0.